The molecule has 0 radical (unpaired) electrons. The second-order valence-electron chi connectivity index (χ2n) is 9.05. The SMILES string of the molecule is COC(C)(C)COc1nccc(N2CC[C@@H](Oc3ccc([C@H](C)CC(C)=O)cc3)C2)c1F. The summed E-state index contributed by atoms with van der Waals surface area (Å²) >= 11 is 0. The maximum Gasteiger partial charge on any atom is 0.252 e. The van der Waals surface area contributed by atoms with Crippen LogP contribution in [0.1, 0.15) is 52.0 Å². The summed E-state index contributed by atoms with van der Waals surface area (Å²) in [5.41, 5.74) is 1.05. The zero-order valence-corrected chi connectivity index (χ0v) is 19.6. The van der Waals surface area contributed by atoms with Crippen LogP contribution in [0.3, 0.4) is 0 Å². The van der Waals surface area contributed by atoms with Crippen LogP contribution in [0.2, 0.25) is 0 Å². The number of Topliss-reactive ketones (excluding diaryl/α,β-unsaturated/α-hetero) is 1. The number of pyridine rings is 1. The molecule has 1 aliphatic rings. The van der Waals surface area contributed by atoms with Gasteiger partial charge in [0.05, 0.1) is 17.8 Å². The van der Waals surface area contributed by atoms with E-state index in [2.05, 4.69) is 4.98 Å². The van der Waals surface area contributed by atoms with E-state index in [-0.39, 0.29) is 30.3 Å². The Kier molecular flexibility index (Phi) is 7.72. The van der Waals surface area contributed by atoms with Gasteiger partial charge < -0.3 is 23.9 Å². The van der Waals surface area contributed by atoms with Crippen LogP contribution in [0, 0.1) is 5.82 Å². The Morgan fingerprint density at radius 3 is 2.66 bits per heavy atom. The molecule has 2 heterocycles. The fourth-order valence-electron chi connectivity index (χ4n) is 3.72. The van der Waals surface area contributed by atoms with Gasteiger partial charge >= 0.3 is 0 Å². The number of carbonyl (C=O) groups is 1. The molecule has 1 fully saturated rings. The molecule has 3 rings (SSSR count). The molecule has 1 aliphatic heterocycles. The highest BCUT2D eigenvalue weighted by Gasteiger charge is 2.28. The van der Waals surface area contributed by atoms with Gasteiger partial charge in [0.25, 0.3) is 5.88 Å². The molecule has 174 valence electrons. The Balaban J connectivity index is 1.60. The lowest BCUT2D eigenvalue weighted by Crippen LogP contribution is -2.31. The standard InChI is InChI=1S/C25H33FN2O4/c1-17(14-18(2)29)19-6-8-20(9-7-19)32-21-11-13-28(15-21)22-10-12-27-24(23(22)26)31-16-25(3,4)30-5/h6-10,12,17,21H,11,13-16H2,1-5H3/t17-,21-/m1/s1. The first-order chi connectivity index (χ1) is 15.2. The summed E-state index contributed by atoms with van der Waals surface area (Å²) < 4.78 is 32.1. The first-order valence-corrected chi connectivity index (χ1v) is 11.0. The summed E-state index contributed by atoms with van der Waals surface area (Å²) in [7, 11) is 1.59. The van der Waals surface area contributed by atoms with Gasteiger partial charge in [-0.3, -0.25) is 0 Å². The van der Waals surface area contributed by atoms with Gasteiger partial charge in [-0.15, -0.1) is 0 Å². The third-order valence-electron chi connectivity index (χ3n) is 5.78. The maximum atomic E-state index is 15.0. The van der Waals surface area contributed by atoms with Crippen molar-refractivity contribution in [3.8, 4) is 11.6 Å². The quantitative estimate of drug-likeness (QED) is 0.526. The molecule has 0 saturated carbocycles. The number of methoxy groups -OCH3 is 1. The van der Waals surface area contributed by atoms with Gasteiger partial charge in [-0.05, 0) is 50.5 Å². The molecule has 0 spiro atoms. The molecule has 1 aromatic heterocycles. The van der Waals surface area contributed by atoms with Gasteiger partial charge in [0, 0.05) is 32.7 Å². The van der Waals surface area contributed by atoms with Crippen LogP contribution in [0.4, 0.5) is 10.1 Å². The lowest BCUT2D eigenvalue weighted by atomic mass is 9.96. The van der Waals surface area contributed by atoms with E-state index in [1.807, 2.05) is 49.9 Å². The highest BCUT2D eigenvalue weighted by Crippen LogP contribution is 2.30. The Morgan fingerprint density at radius 1 is 1.28 bits per heavy atom. The summed E-state index contributed by atoms with van der Waals surface area (Å²) in [4.78, 5) is 17.3. The van der Waals surface area contributed by atoms with E-state index in [1.165, 1.54) is 0 Å². The summed E-state index contributed by atoms with van der Waals surface area (Å²) in [6.45, 7) is 8.85. The van der Waals surface area contributed by atoms with Gasteiger partial charge in [0.1, 0.15) is 24.2 Å². The Bertz CT molecular complexity index is 917. The lowest BCUT2D eigenvalue weighted by Gasteiger charge is -2.24. The summed E-state index contributed by atoms with van der Waals surface area (Å²) in [6.07, 6.45) is 2.84. The van der Waals surface area contributed by atoms with Crippen LogP contribution in [0.25, 0.3) is 0 Å². The van der Waals surface area contributed by atoms with Crippen molar-refractivity contribution in [1.29, 1.82) is 0 Å². The fourth-order valence-corrected chi connectivity index (χ4v) is 3.72. The smallest absolute Gasteiger partial charge is 0.252 e. The molecule has 32 heavy (non-hydrogen) atoms. The van der Waals surface area contributed by atoms with Crippen LogP contribution >= 0.6 is 0 Å². The highest BCUT2D eigenvalue weighted by molar-refractivity contribution is 5.76. The van der Waals surface area contributed by atoms with Gasteiger partial charge in [0.2, 0.25) is 5.82 Å². The van der Waals surface area contributed by atoms with Crippen LogP contribution in [-0.2, 0) is 9.53 Å². The number of carbonyl (C=O) groups excluding carboxylic acids is 1. The zero-order chi connectivity index (χ0) is 23.3. The van der Waals surface area contributed by atoms with Crippen molar-refractivity contribution >= 4 is 11.5 Å². The zero-order valence-electron chi connectivity index (χ0n) is 19.6. The normalized spacial score (nSPS) is 17.3. The first-order valence-electron chi connectivity index (χ1n) is 11.0. The number of halogens is 1. The number of hydrogen-bond acceptors (Lipinski definition) is 6. The van der Waals surface area contributed by atoms with Crippen molar-refractivity contribution in [2.24, 2.45) is 0 Å². The number of ether oxygens (including phenoxy) is 3. The molecule has 1 aromatic carbocycles. The minimum absolute atomic E-state index is 0.0211. The van der Waals surface area contributed by atoms with E-state index in [0.29, 0.717) is 25.2 Å². The van der Waals surface area contributed by atoms with Crippen LogP contribution < -0.4 is 14.4 Å². The van der Waals surface area contributed by atoms with Gasteiger partial charge in [-0.25, -0.2) is 4.98 Å². The first kappa shape index (κ1) is 24.0. The topological polar surface area (TPSA) is 60.9 Å². The van der Waals surface area contributed by atoms with Crippen LogP contribution in [-0.4, -0.2) is 49.3 Å². The van der Waals surface area contributed by atoms with E-state index >= 15 is 4.39 Å². The van der Waals surface area contributed by atoms with Crippen molar-refractivity contribution in [2.75, 3.05) is 31.7 Å². The Hall–Kier alpha value is -2.67. The fraction of sp³-hybridized carbons (Fsp3) is 0.520. The van der Waals surface area contributed by atoms with Crippen molar-refractivity contribution in [3.05, 3.63) is 47.9 Å². The van der Waals surface area contributed by atoms with Crippen molar-refractivity contribution in [3.63, 3.8) is 0 Å². The predicted octanol–water partition coefficient (Wildman–Crippen LogP) is 4.76. The van der Waals surface area contributed by atoms with Crippen molar-refractivity contribution < 1.29 is 23.4 Å². The number of rotatable bonds is 10. The van der Waals surface area contributed by atoms with Crippen molar-refractivity contribution in [2.45, 2.75) is 58.2 Å². The molecule has 0 N–H and O–H groups in total. The molecule has 0 amide bonds. The third kappa shape index (κ3) is 6.19. The third-order valence-corrected chi connectivity index (χ3v) is 5.78. The van der Waals surface area contributed by atoms with Gasteiger partial charge in [0.15, 0.2) is 0 Å². The summed E-state index contributed by atoms with van der Waals surface area (Å²) in [5.74, 6) is 0.653. The maximum absolute atomic E-state index is 15.0. The van der Waals surface area contributed by atoms with Gasteiger partial charge in [-0.2, -0.15) is 4.39 Å². The van der Waals surface area contributed by atoms with E-state index < -0.39 is 11.4 Å². The number of benzene rings is 1. The number of aromatic nitrogens is 1. The Labute approximate surface area is 189 Å². The second kappa shape index (κ2) is 10.3. The number of hydrogen-bond donors (Lipinski definition) is 0. The molecule has 7 heteroatoms. The summed E-state index contributed by atoms with van der Waals surface area (Å²) in [5, 5.41) is 0. The molecule has 0 bridgehead atoms. The van der Waals surface area contributed by atoms with E-state index in [1.54, 1.807) is 26.3 Å². The van der Waals surface area contributed by atoms with Crippen LogP contribution in [0.15, 0.2) is 36.5 Å². The average Bonchev–Trinajstić information content (AvgIpc) is 3.21. The van der Waals surface area contributed by atoms with Crippen molar-refractivity contribution in [1.82, 2.24) is 4.98 Å². The average molecular weight is 445 g/mol. The minimum atomic E-state index is -0.532. The summed E-state index contributed by atoms with van der Waals surface area (Å²) in [6, 6.07) is 9.54. The molecule has 1 saturated heterocycles. The van der Waals surface area contributed by atoms with E-state index in [0.717, 1.165) is 17.7 Å². The molecule has 2 atom stereocenters. The minimum Gasteiger partial charge on any atom is -0.489 e. The highest BCUT2D eigenvalue weighted by atomic mass is 19.1. The molecule has 0 unspecified atom stereocenters. The molecule has 6 nitrogen and oxygen atoms in total. The molecule has 0 aliphatic carbocycles. The predicted molar refractivity (Wildman–Crippen MR) is 122 cm³/mol. The molecule has 2 aromatic rings. The van der Waals surface area contributed by atoms with E-state index in [9.17, 15) is 4.79 Å². The van der Waals surface area contributed by atoms with E-state index in [4.69, 9.17) is 14.2 Å². The number of nitrogens with zero attached hydrogens (tertiary/aromatic N) is 2. The monoisotopic (exact) mass is 444 g/mol. The second-order valence-corrected chi connectivity index (χ2v) is 9.05. The van der Waals surface area contributed by atoms with Gasteiger partial charge in [-0.1, -0.05) is 19.1 Å². The van der Waals surface area contributed by atoms with Crippen LogP contribution in [0.5, 0.6) is 11.6 Å². The molecular weight excluding hydrogens is 411 g/mol. The Morgan fingerprint density at radius 2 is 2.00 bits per heavy atom. The largest absolute Gasteiger partial charge is 0.489 e. The number of anilines is 1. The lowest BCUT2D eigenvalue weighted by molar-refractivity contribution is -0.117. The number of ketones is 1. The molecular formula is C25H33FN2O4.